The van der Waals surface area contributed by atoms with Crippen molar-refractivity contribution < 1.29 is 5.11 Å². The topological polar surface area (TPSA) is 75.5 Å². The highest BCUT2D eigenvalue weighted by atomic mass is 16.3. The van der Waals surface area contributed by atoms with Crippen molar-refractivity contribution in [3.8, 4) is 0 Å². The van der Waals surface area contributed by atoms with Crippen LogP contribution in [-0.4, -0.2) is 36.2 Å². The van der Waals surface area contributed by atoms with Gasteiger partial charge in [0.05, 0.1) is 18.0 Å². The van der Waals surface area contributed by atoms with Crippen LogP contribution in [0, 0.1) is 0 Å². The summed E-state index contributed by atoms with van der Waals surface area (Å²) in [6.45, 7) is 3.14. The molecule has 2 rings (SSSR count). The lowest BCUT2D eigenvalue weighted by Gasteiger charge is -2.31. The maximum absolute atomic E-state index is 8.90. The van der Waals surface area contributed by atoms with Gasteiger partial charge in [-0.1, -0.05) is 6.07 Å². The van der Waals surface area contributed by atoms with Gasteiger partial charge in [0.2, 0.25) is 0 Å². The molecule has 0 saturated carbocycles. The average Bonchev–Trinajstić information content (AvgIpc) is 2.34. The Hall–Kier alpha value is -1.26. The highest BCUT2D eigenvalue weighted by molar-refractivity contribution is 5.64. The van der Waals surface area contributed by atoms with E-state index in [9.17, 15) is 0 Å². The van der Waals surface area contributed by atoms with Crippen molar-refractivity contribution in [3.63, 3.8) is 0 Å². The molecule has 0 atom stereocenters. The maximum Gasteiger partial charge on any atom is 0.0558 e. The van der Waals surface area contributed by atoms with Crippen LogP contribution in [-0.2, 0) is 0 Å². The number of likely N-dealkylation sites (tertiary alicyclic amines) is 1. The van der Waals surface area contributed by atoms with Crippen molar-refractivity contribution in [1.29, 1.82) is 0 Å². The Morgan fingerprint density at radius 3 is 2.47 bits per heavy atom. The van der Waals surface area contributed by atoms with Crippen molar-refractivity contribution in [1.82, 2.24) is 4.90 Å². The second-order valence-electron chi connectivity index (χ2n) is 4.73. The molecule has 0 spiro atoms. The highest BCUT2D eigenvalue weighted by Crippen LogP contribution is 2.30. The monoisotopic (exact) mass is 235 g/mol. The quantitative estimate of drug-likeness (QED) is 0.684. The van der Waals surface area contributed by atoms with E-state index in [1.807, 2.05) is 12.1 Å². The molecule has 17 heavy (non-hydrogen) atoms. The molecule has 0 aromatic heterocycles. The predicted octanol–water partition coefficient (Wildman–Crippen LogP) is 1.02. The van der Waals surface area contributed by atoms with Crippen LogP contribution in [0.15, 0.2) is 18.2 Å². The number of rotatable bonds is 3. The van der Waals surface area contributed by atoms with Gasteiger partial charge >= 0.3 is 0 Å². The van der Waals surface area contributed by atoms with Gasteiger partial charge in [0.15, 0.2) is 0 Å². The normalized spacial score (nSPS) is 18.4. The lowest BCUT2D eigenvalue weighted by molar-refractivity contribution is 0.164. The minimum Gasteiger partial charge on any atom is -0.397 e. The summed E-state index contributed by atoms with van der Waals surface area (Å²) >= 11 is 0. The summed E-state index contributed by atoms with van der Waals surface area (Å²) in [5, 5.41) is 8.90. The molecule has 1 aliphatic rings. The number of nitrogen functional groups attached to an aromatic ring is 2. The van der Waals surface area contributed by atoms with Crippen molar-refractivity contribution in [2.24, 2.45) is 0 Å². The minimum absolute atomic E-state index is 0.249. The van der Waals surface area contributed by atoms with Crippen LogP contribution in [0.5, 0.6) is 0 Å². The number of anilines is 2. The predicted molar refractivity (Wildman–Crippen MR) is 70.8 cm³/mol. The zero-order valence-electron chi connectivity index (χ0n) is 10.1. The molecule has 5 N–H and O–H groups in total. The molecule has 0 unspecified atom stereocenters. The van der Waals surface area contributed by atoms with Crippen LogP contribution in [0.4, 0.5) is 11.4 Å². The van der Waals surface area contributed by atoms with Gasteiger partial charge in [0.1, 0.15) is 0 Å². The number of hydrogen-bond donors (Lipinski definition) is 3. The molecular weight excluding hydrogens is 214 g/mol. The number of aliphatic hydroxyl groups is 1. The first-order valence-electron chi connectivity index (χ1n) is 6.19. The molecule has 4 heteroatoms. The third kappa shape index (κ3) is 2.90. The fourth-order valence-electron chi connectivity index (χ4n) is 2.48. The molecule has 94 valence electrons. The Morgan fingerprint density at radius 1 is 1.18 bits per heavy atom. The first-order valence-corrected chi connectivity index (χ1v) is 6.19. The molecule has 0 amide bonds. The molecule has 1 fully saturated rings. The molecule has 0 radical (unpaired) electrons. The van der Waals surface area contributed by atoms with Crippen LogP contribution in [0.25, 0.3) is 0 Å². The standard InChI is InChI=1S/C13H21N3O/c14-12-2-1-11(9-13(12)15)10-3-5-16(6-4-10)7-8-17/h1-2,9-10,17H,3-8,14-15H2. The van der Waals surface area contributed by atoms with Gasteiger partial charge < -0.3 is 21.5 Å². The molecule has 0 aliphatic carbocycles. The van der Waals surface area contributed by atoms with E-state index < -0.39 is 0 Å². The number of aliphatic hydroxyl groups excluding tert-OH is 1. The lowest BCUT2D eigenvalue weighted by atomic mass is 9.89. The van der Waals surface area contributed by atoms with Gasteiger partial charge in [-0.25, -0.2) is 0 Å². The highest BCUT2D eigenvalue weighted by Gasteiger charge is 2.20. The van der Waals surface area contributed by atoms with Gasteiger partial charge in [-0.3, -0.25) is 0 Å². The molecule has 1 aromatic carbocycles. The van der Waals surface area contributed by atoms with E-state index >= 15 is 0 Å². The summed E-state index contributed by atoms with van der Waals surface area (Å²) in [7, 11) is 0. The summed E-state index contributed by atoms with van der Waals surface area (Å²) in [6, 6.07) is 5.98. The van der Waals surface area contributed by atoms with E-state index in [4.69, 9.17) is 16.6 Å². The van der Waals surface area contributed by atoms with Gasteiger partial charge in [-0.15, -0.1) is 0 Å². The van der Waals surface area contributed by atoms with E-state index in [0.29, 0.717) is 17.3 Å². The molecule has 0 bridgehead atoms. The summed E-state index contributed by atoms with van der Waals surface area (Å²) < 4.78 is 0. The number of piperidine rings is 1. The van der Waals surface area contributed by atoms with Gasteiger partial charge in [0, 0.05) is 6.54 Å². The first-order chi connectivity index (χ1) is 8.20. The maximum atomic E-state index is 8.90. The van der Waals surface area contributed by atoms with Crippen LogP contribution >= 0.6 is 0 Å². The SMILES string of the molecule is Nc1ccc(C2CCN(CCO)CC2)cc1N. The summed E-state index contributed by atoms with van der Waals surface area (Å²) in [4.78, 5) is 2.30. The summed E-state index contributed by atoms with van der Waals surface area (Å²) in [5.41, 5.74) is 14.2. The van der Waals surface area contributed by atoms with E-state index in [1.54, 1.807) is 0 Å². The minimum atomic E-state index is 0.249. The second kappa shape index (κ2) is 5.38. The number of β-amino-alcohol motifs (C(OH)–C–C–N with tert-alkyl or cyclic N) is 1. The second-order valence-corrected chi connectivity index (χ2v) is 4.73. The Labute approximate surface area is 102 Å². The van der Waals surface area contributed by atoms with E-state index in [-0.39, 0.29) is 6.61 Å². The van der Waals surface area contributed by atoms with Crippen molar-refractivity contribution in [2.45, 2.75) is 18.8 Å². The Bertz CT molecular complexity index is 373. The van der Waals surface area contributed by atoms with Crippen LogP contribution in [0.2, 0.25) is 0 Å². The lowest BCUT2D eigenvalue weighted by Crippen LogP contribution is -2.34. The number of hydrogen-bond acceptors (Lipinski definition) is 4. The fraction of sp³-hybridized carbons (Fsp3) is 0.538. The molecule has 1 aromatic rings. The number of nitrogens with two attached hydrogens (primary N) is 2. The first kappa shape index (κ1) is 12.2. The molecule has 4 nitrogen and oxygen atoms in total. The Kier molecular flexibility index (Phi) is 3.86. The number of nitrogens with zero attached hydrogens (tertiary/aromatic N) is 1. The van der Waals surface area contributed by atoms with Crippen molar-refractivity contribution >= 4 is 11.4 Å². The molecule has 1 heterocycles. The fourth-order valence-corrected chi connectivity index (χ4v) is 2.48. The zero-order chi connectivity index (χ0) is 12.3. The van der Waals surface area contributed by atoms with Crippen LogP contribution < -0.4 is 11.5 Å². The van der Waals surface area contributed by atoms with Gasteiger partial charge in [0.25, 0.3) is 0 Å². The summed E-state index contributed by atoms with van der Waals surface area (Å²) in [5.74, 6) is 0.577. The Morgan fingerprint density at radius 2 is 1.88 bits per heavy atom. The average molecular weight is 235 g/mol. The third-order valence-corrected chi connectivity index (χ3v) is 3.59. The van der Waals surface area contributed by atoms with Gasteiger partial charge in [-0.05, 0) is 49.5 Å². The van der Waals surface area contributed by atoms with Crippen LogP contribution in [0.1, 0.15) is 24.3 Å². The third-order valence-electron chi connectivity index (χ3n) is 3.59. The van der Waals surface area contributed by atoms with Crippen molar-refractivity contribution in [2.75, 3.05) is 37.7 Å². The molecule has 1 saturated heterocycles. The number of benzene rings is 1. The van der Waals surface area contributed by atoms with Gasteiger partial charge in [-0.2, -0.15) is 0 Å². The largest absolute Gasteiger partial charge is 0.397 e. The van der Waals surface area contributed by atoms with E-state index in [2.05, 4.69) is 11.0 Å². The molecule has 1 aliphatic heterocycles. The summed E-state index contributed by atoms with van der Waals surface area (Å²) in [6.07, 6.45) is 2.26. The van der Waals surface area contributed by atoms with E-state index in [0.717, 1.165) is 32.5 Å². The Balaban J connectivity index is 1.98. The van der Waals surface area contributed by atoms with Crippen molar-refractivity contribution in [3.05, 3.63) is 23.8 Å². The van der Waals surface area contributed by atoms with Crippen LogP contribution in [0.3, 0.4) is 0 Å². The zero-order valence-corrected chi connectivity index (χ0v) is 10.1. The smallest absolute Gasteiger partial charge is 0.0558 e. The van der Waals surface area contributed by atoms with E-state index in [1.165, 1.54) is 5.56 Å². The molecular formula is C13H21N3O.